The minimum atomic E-state index is 0.0980. The standard InChI is InChI=1S/C25H27N5OS/c1-2-22-20(16-26-30(22)17-19-8-4-3-5-9-19)25(31)29-14-12-28(13-15-29)18-24-27-21-10-6-7-11-23(21)32-24/h3-11,16H,2,12-15,17-18H2,1H3. The molecule has 32 heavy (non-hydrogen) atoms. The van der Waals surface area contributed by atoms with Gasteiger partial charge in [-0.1, -0.05) is 49.4 Å². The Morgan fingerprint density at radius 3 is 2.47 bits per heavy atom. The number of carbonyl (C=O) groups is 1. The van der Waals surface area contributed by atoms with Crippen molar-refractivity contribution < 1.29 is 4.79 Å². The van der Waals surface area contributed by atoms with Crippen molar-refractivity contribution in [1.29, 1.82) is 0 Å². The third-order valence-electron chi connectivity index (χ3n) is 6.05. The van der Waals surface area contributed by atoms with Crippen molar-refractivity contribution in [3.63, 3.8) is 0 Å². The molecule has 5 rings (SSSR count). The van der Waals surface area contributed by atoms with Crippen LogP contribution in [0.2, 0.25) is 0 Å². The van der Waals surface area contributed by atoms with Crippen molar-refractivity contribution in [1.82, 2.24) is 24.6 Å². The molecule has 0 atom stereocenters. The summed E-state index contributed by atoms with van der Waals surface area (Å²) in [5, 5.41) is 5.68. The third kappa shape index (κ3) is 4.31. The maximum absolute atomic E-state index is 13.3. The Morgan fingerprint density at radius 1 is 0.969 bits per heavy atom. The summed E-state index contributed by atoms with van der Waals surface area (Å²) in [6, 6.07) is 18.5. The van der Waals surface area contributed by atoms with E-state index in [1.165, 1.54) is 10.3 Å². The summed E-state index contributed by atoms with van der Waals surface area (Å²) in [6.07, 6.45) is 2.53. The second-order valence-corrected chi connectivity index (χ2v) is 9.26. The monoisotopic (exact) mass is 445 g/mol. The van der Waals surface area contributed by atoms with Crippen LogP contribution in [0.25, 0.3) is 10.2 Å². The second kappa shape index (κ2) is 9.22. The van der Waals surface area contributed by atoms with Crippen molar-refractivity contribution in [2.75, 3.05) is 26.2 Å². The number of nitrogens with zero attached hydrogens (tertiary/aromatic N) is 5. The molecule has 0 saturated carbocycles. The molecule has 0 unspecified atom stereocenters. The number of benzene rings is 2. The number of hydrogen-bond acceptors (Lipinski definition) is 5. The van der Waals surface area contributed by atoms with E-state index in [1.807, 2.05) is 33.8 Å². The average molecular weight is 446 g/mol. The van der Waals surface area contributed by atoms with E-state index in [0.717, 1.165) is 60.9 Å². The topological polar surface area (TPSA) is 54.3 Å². The number of amides is 1. The van der Waals surface area contributed by atoms with Crippen LogP contribution in [0.4, 0.5) is 0 Å². The van der Waals surface area contributed by atoms with Crippen LogP contribution in [0.1, 0.15) is 33.5 Å². The third-order valence-corrected chi connectivity index (χ3v) is 7.07. The molecule has 1 aliphatic heterocycles. The summed E-state index contributed by atoms with van der Waals surface area (Å²) >= 11 is 1.76. The van der Waals surface area contributed by atoms with E-state index in [4.69, 9.17) is 4.98 Å². The zero-order valence-corrected chi connectivity index (χ0v) is 19.1. The van der Waals surface area contributed by atoms with Crippen LogP contribution in [0.3, 0.4) is 0 Å². The van der Waals surface area contributed by atoms with Gasteiger partial charge in [0.1, 0.15) is 5.01 Å². The van der Waals surface area contributed by atoms with E-state index < -0.39 is 0 Å². The molecule has 1 amide bonds. The molecule has 2 aromatic carbocycles. The molecule has 0 spiro atoms. The fraction of sp³-hybridized carbons (Fsp3) is 0.320. The molecule has 3 heterocycles. The van der Waals surface area contributed by atoms with Crippen molar-refractivity contribution in [2.45, 2.75) is 26.4 Å². The molecule has 2 aromatic heterocycles. The SMILES string of the molecule is CCc1c(C(=O)N2CCN(Cc3nc4ccccc4s3)CC2)cnn1Cc1ccccc1. The number of fused-ring (bicyclic) bond motifs is 1. The molecule has 1 aliphatic rings. The molecule has 0 radical (unpaired) electrons. The Kier molecular flexibility index (Phi) is 6.01. The molecule has 0 aliphatic carbocycles. The molecule has 164 valence electrons. The van der Waals surface area contributed by atoms with Gasteiger partial charge in [0.2, 0.25) is 0 Å². The lowest BCUT2D eigenvalue weighted by Gasteiger charge is -2.34. The van der Waals surface area contributed by atoms with Crippen molar-refractivity contribution in [3.8, 4) is 0 Å². The highest BCUT2D eigenvalue weighted by atomic mass is 32.1. The van der Waals surface area contributed by atoms with Gasteiger partial charge in [-0.25, -0.2) is 4.98 Å². The summed E-state index contributed by atoms with van der Waals surface area (Å²) in [6.45, 7) is 6.81. The molecule has 0 N–H and O–H groups in total. The molecule has 1 fully saturated rings. The largest absolute Gasteiger partial charge is 0.336 e. The average Bonchev–Trinajstić information content (AvgIpc) is 3.43. The fourth-order valence-corrected chi connectivity index (χ4v) is 5.32. The zero-order valence-electron chi connectivity index (χ0n) is 18.3. The number of para-hydroxylation sites is 1. The van der Waals surface area contributed by atoms with Crippen LogP contribution >= 0.6 is 11.3 Å². The van der Waals surface area contributed by atoms with Crippen molar-refractivity contribution in [2.24, 2.45) is 0 Å². The van der Waals surface area contributed by atoms with Gasteiger partial charge in [-0.2, -0.15) is 5.10 Å². The maximum Gasteiger partial charge on any atom is 0.257 e. The van der Waals surface area contributed by atoms with Gasteiger partial charge in [0.05, 0.1) is 40.8 Å². The van der Waals surface area contributed by atoms with Gasteiger partial charge in [-0.05, 0) is 24.1 Å². The van der Waals surface area contributed by atoms with E-state index in [0.29, 0.717) is 6.54 Å². The van der Waals surface area contributed by atoms with E-state index >= 15 is 0 Å². The molecule has 6 nitrogen and oxygen atoms in total. The normalized spacial score (nSPS) is 14.8. The lowest BCUT2D eigenvalue weighted by molar-refractivity contribution is 0.0627. The number of hydrogen-bond donors (Lipinski definition) is 0. The van der Waals surface area contributed by atoms with Gasteiger partial charge in [0.25, 0.3) is 5.91 Å². The lowest BCUT2D eigenvalue weighted by atomic mass is 10.1. The minimum Gasteiger partial charge on any atom is -0.336 e. The summed E-state index contributed by atoms with van der Waals surface area (Å²) in [7, 11) is 0. The van der Waals surface area contributed by atoms with E-state index in [1.54, 1.807) is 17.5 Å². The molecule has 1 saturated heterocycles. The first-order chi connectivity index (χ1) is 15.7. The van der Waals surface area contributed by atoms with Gasteiger partial charge in [0.15, 0.2) is 0 Å². The lowest BCUT2D eigenvalue weighted by Crippen LogP contribution is -2.48. The smallest absolute Gasteiger partial charge is 0.257 e. The zero-order chi connectivity index (χ0) is 21.9. The van der Waals surface area contributed by atoms with Crippen molar-refractivity contribution in [3.05, 3.63) is 82.6 Å². The Labute approximate surface area is 192 Å². The highest BCUT2D eigenvalue weighted by Crippen LogP contribution is 2.23. The minimum absolute atomic E-state index is 0.0980. The number of aromatic nitrogens is 3. The van der Waals surface area contributed by atoms with Crippen LogP contribution in [0.5, 0.6) is 0 Å². The molecule has 4 aromatic rings. The van der Waals surface area contributed by atoms with E-state index in [-0.39, 0.29) is 5.91 Å². The van der Waals surface area contributed by atoms with Gasteiger partial charge < -0.3 is 4.90 Å². The first kappa shape index (κ1) is 20.8. The Morgan fingerprint density at radius 2 is 1.72 bits per heavy atom. The number of piperazine rings is 1. The van der Waals surface area contributed by atoms with Crippen molar-refractivity contribution >= 4 is 27.5 Å². The summed E-state index contributed by atoms with van der Waals surface area (Å²) < 4.78 is 3.20. The highest BCUT2D eigenvalue weighted by molar-refractivity contribution is 7.18. The molecule has 7 heteroatoms. The predicted molar refractivity (Wildman–Crippen MR) is 128 cm³/mol. The Bertz CT molecular complexity index is 1170. The summed E-state index contributed by atoms with van der Waals surface area (Å²) in [5.74, 6) is 0.0980. The summed E-state index contributed by atoms with van der Waals surface area (Å²) in [5.41, 5.74) is 4.01. The Balaban J connectivity index is 1.22. The molecular weight excluding hydrogens is 418 g/mol. The quantitative estimate of drug-likeness (QED) is 0.449. The Hall–Kier alpha value is -3.03. The number of rotatable bonds is 6. The second-order valence-electron chi connectivity index (χ2n) is 8.15. The summed E-state index contributed by atoms with van der Waals surface area (Å²) in [4.78, 5) is 22.4. The van der Waals surface area contributed by atoms with Gasteiger partial charge in [-0.3, -0.25) is 14.4 Å². The molecule has 0 bridgehead atoms. The van der Waals surface area contributed by atoms with Gasteiger partial charge in [-0.15, -0.1) is 11.3 Å². The van der Waals surface area contributed by atoms with E-state index in [2.05, 4.69) is 47.3 Å². The van der Waals surface area contributed by atoms with Crippen LogP contribution in [-0.2, 0) is 19.5 Å². The molecular formula is C25H27N5OS. The maximum atomic E-state index is 13.3. The van der Waals surface area contributed by atoms with E-state index in [9.17, 15) is 4.79 Å². The fourth-order valence-electron chi connectivity index (χ4n) is 4.31. The predicted octanol–water partition coefficient (Wildman–Crippen LogP) is 4.06. The van der Waals surface area contributed by atoms with Crippen LogP contribution in [-0.4, -0.2) is 56.7 Å². The van der Waals surface area contributed by atoms with Gasteiger partial charge >= 0.3 is 0 Å². The number of thiazole rings is 1. The highest BCUT2D eigenvalue weighted by Gasteiger charge is 2.26. The van der Waals surface area contributed by atoms with Crippen LogP contribution < -0.4 is 0 Å². The van der Waals surface area contributed by atoms with Crippen LogP contribution in [0.15, 0.2) is 60.8 Å². The first-order valence-electron chi connectivity index (χ1n) is 11.2. The van der Waals surface area contributed by atoms with Gasteiger partial charge in [0, 0.05) is 26.2 Å². The number of carbonyl (C=O) groups excluding carboxylic acids is 1. The van der Waals surface area contributed by atoms with Crippen LogP contribution in [0, 0.1) is 0 Å². The first-order valence-corrected chi connectivity index (χ1v) is 12.0.